The van der Waals surface area contributed by atoms with Gasteiger partial charge in [0.1, 0.15) is 11.4 Å². The molecule has 1 spiro atoms. The molecule has 3 aliphatic heterocycles. The van der Waals surface area contributed by atoms with E-state index in [-0.39, 0.29) is 28.9 Å². The van der Waals surface area contributed by atoms with Crippen LogP contribution in [-0.4, -0.2) is 41.1 Å². The molecule has 2 atom stereocenters. The molecule has 0 bridgehead atoms. The fourth-order valence-electron chi connectivity index (χ4n) is 5.31. The molecule has 3 aliphatic rings. The maximum absolute atomic E-state index is 12.8. The Morgan fingerprint density at radius 2 is 2.03 bits per heavy atom. The minimum Gasteiger partial charge on any atom is -0.487 e. The molecule has 0 aliphatic carbocycles. The van der Waals surface area contributed by atoms with Crippen molar-refractivity contribution in [3.63, 3.8) is 0 Å². The number of aromatic nitrogens is 1. The molecule has 1 aromatic carbocycles. The van der Waals surface area contributed by atoms with Crippen LogP contribution in [0.1, 0.15) is 61.0 Å². The lowest BCUT2D eigenvalue weighted by Gasteiger charge is -2.54. The van der Waals surface area contributed by atoms with Gasteiger partial charge in [0, 0.05) is 29.6 Å². The molecule has 160 valence electrons. The Balaban J connectivity index is 1.33. The van der Waals surface area contributed by atoms with E-state index < -0.39 is 0 Å². The third-order valence-electron chi connectivity index (χ3n) is 7.18. The van der Waals surface area contributed by atoms with Crippen LogP contribution in [0, 0.1) is 18.3 Å². The molecular weight excluding hydrogens is 404 g/mol. The standard InChI is InChI=1S/C23H27ClN2O4/c1-14-19(29-13-25-14)21(27)26-8-6-23(7-9-26)11-17-20(28-12-23)16-10-15(24)4-5-18(16)30-22(17,2)3/h4-5,10,13,17,20H,6-9,11-12H2,1-3H3/t17-,20+/m0/s1. The number of carbonyl (C=O) groups is 1. The summed E-state index contributed by atoms with van der Waals surface area (Å²) in [5.41, 5.74) is 1.42. The van der Waals surface area contributed by atoms with Crippen molar-refractivity contribution < 1.29 is 18.7 Å². The van der Waals surface area contributed by atoms with Gasteiger partial charge in [0.25, 0.3) is 5.91 Å². The van der Waals surface area contributed by atoms with Gasteiger partial charge in [-0.1, -0.05) is 11.6 Å². The van der Waals surface area contributed by atoms with Crippen molar-refractivity contribution >= 4 is 17.5 Å². The van der Waals surface area contributed by atoms with Gasteiger partial charge in [0.15, 0.2) is 6.39 Å². The van der Waals surface area contributed by atoms with Crippen LogP contribution < -0.4 is 4.74 Å². The smallest absolute Gasteiger partial charge is 0.291 e. The predicted octanol–water partition coefficient (Wildman–Crippen LogP) is 4.81. The van der Waals surface area contributed by atoms with Crippen LogP contribution in [0.15, 0.2) is 29.0 Å². The summed E-state index contributed by atoms with van der Waals surface area (Å²) in [5.74, 6) is 1.38. The predicted molar refractivity (Wildman–Crippen MR) is 112 cm³/mol. The lowest BCUT2D eigenvalue weighted by Crippen LogP contribution is -2.54. The molecule has 2 fully saturated rings. The van der Waals surface area contributed by atoms with E-state index in [4.69, 9.17) is 25.5 Å². The highest BCUT2D eigenvalue weighted by molar-refractivity contribution is 6.30. The zero-order chi connectivity index (χ0) is 21.1. The molecule has 0 saturated carbocycles. The van der Waals surface area contributed by atoms with Gasteiger partial charge in [0.05, 0.1) is 18.4 Å². The van der Waals surface area contributed by atoms with E-state index in [0.717, 1.165) is 30.6 Å². The molecule has 6 nitrogen and oxygen atoms in total. The minimum atomic E-state index is -0.331. The lowest BCUT2D eigenvalue weighted by atomic mass is 9.64. The maximum atomic E-state index is 12.8. The zero-order valence-corrected chi connectivity index (χ0v) is 18.4. The molecule has 0 N–H and O–H groups in total. The molecule has 2 aromatic rings. The minimum absolute atomic E-state index is 0.00965. The van der Waals surface area contributed by atoms with E-state index in [2.05, 4.69) is 18.8 Å². The molecular formula is C23H27ClN2O4. The Kier molecular flexibility index (Phi) is 4.63. The van der Waals surface area contributed by atoms with E-state index in [0.29, 0.717) is 36.2 Å². The number of carbonyl (C=O) groups excluding carboxylic acids is 1. The van der Waals surface area contributed by atoms with Gasteiger partial charge in [-0.2, -0.15) is 0 Å². The Morgan fingerprint density at radius 1 is 1.27 bits per heavy atom. The number of rotatable bonds is 1. The van der Waals surface area contributed by atoms with Crippen molar-refractivity contribution in [3.8, 4) is 5.75 Å². The summed E-state index contributed by atoms with van der Waals surface area (Å²) >= 11 is 6.26. The summed E-state index contributed by atoms with van der Waals surface area (Å²) in [6.45, 7) is 8.19. The SMILES string of the molecule is Cc1ncoc1C(=O)N1CCC2(CC1)CO[C@@H]1c3cc(Cl)ccc3OC(C)(C)[C@H]1C2. The fourth-order valence-corrected chi connectivity index (χ4v) is 5.49. The highest BCUT2D eigenvalue weighted by Crippen LogP contribution is 2.55. The number of piperidine rings is 1. The number of halogens is 1. The van der Waals surface area contributed by atoms with Crippen LogP contribution in [0.25, 0.3) is 0 Å². The topological polar surface area (TPSA) is 64.8 Å². The summed E-state index contributed by atoms with van der Waals surface area (Å²) in [6.07, 6.45) is 4.16. The van der Waals surface area contributed by atoms with Crippen LogP contribution in [-0.2, 0) is 4.74 Å². The van der Waals surface area contributed by atoms with Crippen LogP contribution >= 0.6 is 11.6 Å². The molecule has 2 saturated heterocycles. The van der Waals surface area contributed by atoms with E-state index in [1.807, 2.05) is 23.1 Å². The number of fused-ring (bicyclic) bond motifs is 3. The first kappa shape index (κ1) is 19.9. The van der Waals surface area contributed by atoms with Crippen molar-refractivity contribution in [2.24, 2.45) is 11.3 Å². The molecule has 0 radical (unpaired) electrons. The summed E-state index contributed by atoms with van der Waals surface area (Å²) in [4.78, 5) is 18.7. The van der Waals surface area contributed by atoms with Gasteiger partial charge in [-0.3, -0.25) is 4.79 Å². The van der Waals surface area contributed by atoms with Crippen LogP contribution in [0.4, 0.5) is 0 Å². The summed E-state index contributed by atoms with van der Waals surface area (Å²) < 4.78 is 18.2. The fraction of sp³-hybridized carbons (Fsp3) is 0.565. The van der Waals surface area contributed by atoms with Crippen LogP contribution in [0.5, 0.6) is 5.75 Å². The molecule has 7 heteroatoms. The average molecular weight is 431 g/mol. The number of hydrogen-bond donors (Lipinski definition) is 0. The van der Waals surface area contributed by atoms with E-state index in [1.54, 1.807) is 6.92 Å². The largest absolute Gasteiger partial charge is 0.487 e. The third-order valence-corrected chi connectivity index (χ3v) is 7.42. The first-order chi connectivity index (χ1) is 14.3. The Hall–Kier alpha value is -2.05. The second-order valence-electron chi connectivity index (χ2n) is 9.49. The van der Waals surface area contributed by atoms with Crippen molar-refractivity contribution in [1.29, 1.82) is 0 Å². The maximum Gasteiger partial charge on any atom is 0.291 e. The second kappa shape index (κ2) is 6.99. The third kappa shape index (κ3) is 3.21. The number of likely N-dealkylation sites (tertiary alicyclic amines) is 1. The lowest BCUT2D eigenvalue weighted by molar-refractivity contribution is -0.173. The summed E-state index contributed by atoms with van der Waals surface area (Å²) in [5, 5.41) is 0.703. The molecule has 30 heavy (non-hydrogen) atoms. The summed E-state index contributed by atoms with van der Waals surface area (Å²) in [7, 11) is 0. The van der Waals surface area contributed by atoms with Crippen molar-refractivity contribution in [3.05, 3.63) is 46.6 Å². The summed E-state index contributed by atoms with van der Waals surface area (Å²) in [6, 6.07) is 5.78. The Bertz CT molecular complexity index is 977. The molecule has 0 unspecified atom stereocenters. The van der Waals surface area contributed by atoms with E-state index in [9.17, 15) is 4.79 Å². The van der Waals surface area contributed by atoms with Gasteiger partial charge >= 0.3 is 0 Å². The first-order valence-corrected chi connectivity index (χ1v) is 11.0. The van der Waals surface area contributed by atoms with Gasteiger partial charge in [0.2, 0.25) is 5.76 Å². The Labute approximate surface area is 181 Å². The quantitative estimate of drug-likeness (QED) is 0.649. The van der Waals surface area contributed by atoms with E-state index >= 15 is 0 Å². The number of benzene rings is 1. The number of ether oxygens (including phenoxy) is 2. The van der Waals surface area contributed by atoms with Crippen LogP contribution in [0.3, 0.4) is 0 Å². The molecule has 4 heterocycles. The van der Waals surface area contributed by atoms with Crippen molar-refractivity contribution in [2.75, 3.05) is 19.7 Å². The van der Waals surface area contributed by atoms with E-state index in [1.165, 1.54) is 6.39 Å². The van der Waals surface area contributed by atoms with Gasteiger partial charge in [-0.25, -0.2) is 4.98 Å². The normalized spacial score (nSPS) is 26.6. The molecule has 1 aromatic heterocycles. The number of aryl methyl sites for hydroxylation is 1. The van der Waals surface area contributed by atoms with Gasteiger partial charge < -0.3 is 18.8 Å². The monoisotopic (exact) mass is 430 g/mol. The van der Waals surface area contributed by atoms with Crippen molar-refractivity contribution in [2.45, 2.75) is 51.7 Å². The number of hydrogen-bond acceptors (Lipinski definition) is 5. The highest BCUT2D eigenvalue weighted by Gasteiger charge is 2.53. The van der Waals surface area contributed by atoms with Crippen LogP contribution in [0.2, 0.25) is 5.02 Å². The number of amides is 1. The van der Waals surface area contributed by atoms with Crippen molar-refractivity contribution in [1.82, 2.24) is 9.88 Å². The highest BCUT2D eigenvalue weighted by atomic mass is 35.5. The van der Waals surface area contributed by atoms with Gasteiger partial charge in [-0.05, 0) is 63.6 Å². The average Bonchev–Trinajstić information content (AvgIpc) is 3.15. The number of oxazole rings is 1. The molecule has 5 rings (SSSR count). The first-order valence-electron chi connectivity index (χ1n) is 10.6. The number of nitrogens with zero attached hydrogens (tertiary/aromatic N) is 2. The second-order valence-corrected chi connectivity index (χ2v) is 9.93. The Morgan fingerprint density at radius 3 is 2.73 bits per heavy atom. The zero-order valence-electron chi connectivity index (χ0n) is 17.6. The molecule has 1 amide bonds. The van der Waals surface area contributed by atoms with Gasteiger partial charge in [-0.15, -0.1) is 0 Å².